The molecule has 1 heterocycles. The summed E-state index contributed by atoms with van der Waals surface area (Å²) in [6.45, 7) is 0.274. The van der Waals surface area contributed by atoms with Gasteiger partial charge in [-0.1, -0.05) is 78.9 Å². The minimum atomic E-state index is -1.14. The Morgan fingerprint density at radius 1 is 0.897 bits per heavy atom. The standard InChI is InChI=1S/C24H21NO3.Cs/c26-17-14-22(23(27)28)25(15-17)24(16-8-2-1-3-9-16)20-12-6-4-10-18(20)19-11-5-7-13-21(19)24;/h1-13,17,22,26H,14-15H2,(H,27,28);/q;+1/p-1/t17-,22+;/m1./s1. The van der Waals surface area contributed by atoms with Crippen LogP contribution in [0.15, 0.2) is 78.9 Å². The average molecular weight is 503 g/mol. The van der Waals surface area contributed by atoms with Crippen molar-refractivity contribution >= 4 is 5.97 Å². The third-order valence-electron chi connectivity index (χ3n) is 6.10. The van der Waals surface area contributed by atoms with Gasteiger partial charge in [-0.15, -0.1) is 0 Å². The Morgan fingerprint density at radius 3 is 1.97 bits per heavy atom. The van der Waals surface area contributed by atoms with Gasteiger partial charge in [-0.05, 0) is 34.2 Å². The molecule has 0 spiro atoms. The normalized spacial score (nSPS) is 21.8. The van der Waals surface area contributed by atoms with E-state index < -0.39 is 23.7 Å². The van der Waals surface area contributed by atoms with Crippen molar-refractivity contribution < 1.29 is 83.9 Å². The van der Waals surface area contributed by atoms with Gasteiger partial charge in [0, 0.05) is 6.54 Å². The molecule has 5 rings (SSSR count). The predicted octanol–water partition coefficient (Wildman–Crippen LogP) is -0.852. The number of carboxylic acid groups (broad SMARTS) is 1. The molecule has 3 aromatic carbocycles. The molecule has 1 aliphatic carbocycles. The third-order valence-corrected chi connectivity index (χ3v) is 6.10. The average Bonchev–Trinajstić information content (AvgIpc) is 3.25. The zero-order valence-corrected chi connectivity index (χ0v) is 22.6. The Morgan fingerprint density at radius 2 is 1.41 bits per heavy atom. The number of hydrogen-bond acceptors (Lipinski definition) is 4. The second-order valence-electron chi connectivity index (χ2n) is 7.54. The van der Waals surface area contributed by atoms with E-state index in [9.17, 15) is 15.0 Å². The van der Waals surface area contributed by atoms with Crippen LogP contribution in [0.5, 0.6) is 0 Å². The molecule has 1 N–H and O–H groups in total. The topological polar surface area (TPSA) is 63.6 Å². The largest absolute Gasteiger partial charge is 1.00 e. The summed E-state index contributed by atoms with van der Waals surface area (Å²) in [5, 5.41) is 22.5. The van der Waals surface area contributed by atoms with Crippen molar-refractivity contribution in [2.24, 2.45) is 0 Å². The zero-order chi connectivity index (χ0) is 19.3. The smallest absolute Gasteiger partial charge is 0.548 e. The van der Waals surface area contributed by atoms with Gasteiger partial charge in [0.2, 0.25) is 0 Å². The SMILES string of the molecule is O=C([O-])[C@@H]1C[C@@H](O)CN1C1(c2ccccc2)c2ccccc2-c2ccccc21.[Cs+]. The van der Waals surface area contributed by atoms with Gasteiger partial charge >= 0.3 is 68.9 Å². The van der Waals surface area contributed by atoms with Crippen LogP contribution in [-0.2, 0) is 10.3 Å². The van der Waals surface area contributed by atoms with E-state index in [0.717, 1.165) is 27.8 Å². The van der Waals surface area contributed by atoms with Crippen LogP contribution in [0, 0.1) is 0 Å². The molecule has 0 unspecified atom stereocenters. The summed E-state index contributed by atoms with van der Waals surface area (Å²) in [5.74, 6) is -1.14. The number of benzene rings is 3. The molecule has 4 nitrogen and oxygen atoms in total. The van der Waals surface area contributed by atoms with Crippen LogP contribution in [-0.4, -0.2) is 34.7 Å². The molecule has 2 atom stereocenters. The Kier molecular flexibility index (Phi) is 6.12. The van der Waals surface area contributed by atoms with Crippen molar-refractivity contribution in [2.75, 3.05) is 6.54 Å². The number of carbonyl (C=O) groups is 1. The zero-order valence-electron chi connectivity index (χ0n) is 16.3. The van der Waals surface area contributed by atoms with Crippen molar-refractivity contribution in [1.82, 2.24) is 4.90 Å². The van der Waals surface area contributed by atoms with E-state index >= 15 is 0 Å². The number of rotatable bonds is 3. The maximum absolute atomic E-state index is 12.0. The Balaban J connectivity index is 0.00000205. The summed E-state index contributed by atoms with van der Waals surface area (Å²) in [4.78, 5) is 14.0. The van der Waals surface area contributed by atoms with Gasteiger partial charge in [0.25, 0.3) is 0 Å². The summed E-state index contributed by atoms with van der Waals surface area (Å²) in [7, 11) is 0. The monoisotopic (exact) mass is 503 g/mol. The van der Waals surface area contributed by atoms with Crippen LogP contribution in [0.1, 0.15) is 23.1 Å². The first kappa shape index (κ1) is 21.3. The fraction of sp³-hybridized carbons (Fsp3) is 0.208. The minimum absolute atomic E-state index is 0. The van der Waals surface area contributed by atoms with Gasteiger partial charge in [-0.3, -0.25) is 4.90 Å². The first-order chi connectivity index (χ1) is 13.6. The third kappa shape index (κ3) is 3.20. The van der Waals surface area contributed by atoms with E-state index in [4.69, 9.17) is 0 Å². The minimum Gasteiger partial charge on any atom is -0.548 e. The van der Waals surface area contributed by atoms with Crippen molar-refractivity contribution in [3.63, 3.8) is 0 Å². The maximum atomic E-state index is 12.0. The van der Waals surface area contributed by atoms with Crippen LogP contribution >= 0.6 is 0 Å². The fourth-order valence-electron chi connectivity index (χ4n) is 5.09. The number of fused-ring (bicyclic) bond motifs is 3. The van der Waals surface area contributed by atoms with Crippen LogP contribution in [0.4, 0.5) is 0 Å². The molecule has 0 aromatic heterocycles. The molecule has 5 heteroatoms. The molecule has 1 fully saturated rings. The van der Waals surface area contributed by atoms with Gasteiger partial charge in [-0.25, -0.2) is 0 Å². The Bertz CT molecular complexity index is 1010. The molecule has 0 saturated carbocycles. The van der Waals surface area contributed by atoms with Crippen molar-refractivity contribution in [3.8, 4) is 11.1 Å². The molecule has 29 heavy (non-hydrogen) atoms. The fourth-order valence-corrected chi connectivity index (χ4v) is 5.09. The quantitative estimate of drug-likeness (QED) is 0.506. The molecule has 1 saturated heterocycles. The molecule has 0 amide bonds. The molecule has 1 aliphatic heterocycles. The summed E-state index contributed by atoms with van der Waals surface area (Å²) in [5.41, 5.74) is 4.50. The second kappa shape index (κ2) is 8.32. The predicted molar refractivity (Wildman–Crippen MR) is 104 cm³/mol. The molecule has 0 radical (unpaired) electrons. The number of aliphatic carboxylic acids is 1. The number of nitrogens with zero attached hydrogens (tertiary/aromatic N) is 1. The number of hydrogen-bond donors (Lipinski definition) is 1. The van der Waals surface area contributed by atoms with Crippen LogP contribution < -0.4 is 74.0 Å². The van der Waals surface area contributed by atoms with E-state index in [1.807, 2.05) is 59.5 Å². The Labute approximate surface area is 229 Å². The molecular weight excluding hydrogens is 483 g/mol. The Hall–Kier alpha value is -0.898. The second-order valence-corrected chi connectivity index (χ2v) is 7.54. The molecule has 140 valence electrons. The number of aliphatic hydroxyl groups excluding tert-OH is 1. The van der Waals surface area contributed by atoms with E-state index in [2.05, 4.69) is 24.3 Å². The number of carbonyl (C=O) groups excluding carboxylic acids is 1. The summed E-state index contributed by atoms with van der Waals surface area (Å²) >= 11 is 0. The number of aliphatic hydroxyl groups is 1. The molecule has 2 aliphatic rings. The van der Waals surface area contributed by atoms with Gasteiger partial charge in [-0.2, -0.15) is 0 Å². The van der Waals surface area contributed by atoms with Crippen molar-refractivity contribution in [1.29, 1.82) is 0 Å². The van der Waals surface area contributed by atoms with Gasteiger partial charge in [0.05, 0.1) is 23.7 Å². The number of carboxylic acids is 1. The van der Waals surface area contributed by atoms with Gasteiger partial charge in [0.15, 0.2) is 0 Å². The van der Waals surface area contributed by atoms with E-state index in [1.165, 1.54) is 0 Å². The van der Waals surface area contributed by atoms with Crippen molar-refractivity contribution in [3.05, 3.63) is 95.6 Å². The van der Waals surface area contributed by atoms with E-state index in [1.54, 1.807) is 0 Å². The van der Waals surface area contributed by atoms with E-state index in [0.29, 0.717) is 0 Å². The first-order valence-electron chi connectivity index (χ1n) is 9.54. The summed E-state index contributed by atoms with van der Waals surface area (Å²) in [6, 6.07) is 25.4. The van der Waals surface area contributed by atoms with Crippen LogP contribution in [0.3, 0.4) is 0 Å². The van der Waals surface area contributed by atoms with Gasteiger partial charge < -0.3 is 15.0 Å². The van der Waals surface area contributed by atoms with E-state index in [-0.39, 0.29) is 81.9 Å². The molecule has 0 bridgehead atoms. The first-order valence-corrected chi connectivity index (χ1v) is 9.54. The summed E-state index contributed by atoms with van der Waals surface area (Å²) in [6.07, 6.45) is -0.537. The van der Waals surface area contributed by atoms with Crippen molar-refractivity contribution in [2.45, 2.75) is 24.1 Å². The molecular formula is C24H20CsNO3. The maximum Gasteiger partial charge on any atom is 1.00 e. The summed E-state index contributed by atoms with van der Waals surface area (Å²) < 4.78 is 0. The molecule has 3 aromatic rings. The van der Waals surface area contributed by atoms with Gasteiger partial charge in [0.1, 0.15) is 0 Å². The van der Waals surface area contributed by atoms with Crippen LogP contribution in [0.25, 0.3) is 11.1 Å². The van der Waals surface area contributed by atoms with Crippen LogP contribution in [0.2, 0.25) is 0 Å². The number of likely N-dealkylation sites (tertiary alicyclic amines) is 1. The number of β-amino-alcohol motifs (C(OH)–C–C–N with tert-alkyl or cyclic N) is 1.